The molecule has 124 valence electrons. The van der Waals surface area contributed by atoms with Crippen LogP contribution < -0.4 is 5.32 Å². The molecule has 1 N–H and O–H groups in total. The number of carbonyl (C=O) groups is 1. The van der Waals surface area contributed by atoms with Gasteiger partial charge in [-0.05, 0) is 24.6 Å². The van der Waals surface area contributed by atoms with Crippen molar-refractivity contribution in [3.63, 3.8) is 0 Å². The second-order valence-corrected chi connectivity index (χ2v) is 5.74. The molecule has 1 unspecified atom stereocenters. The summed E-state index contributed by atoms with van der Waals surface area (Å²) >= 11 is 0. The molecule has 1 atom stereocenters. The Hall–Kier alpha value is -2.66. The molecule has 1 amide bonds. The minimum atomic E-state index is -0.0492. The van der Waals surface area contributed by atoms with Gasteiger partial charge in [0.05, 0.1) is 17.1 Å². The summed E-state index contributed by atoms with van der Waals surface area (Å²) in [4.78, 5) is 17.0. The number of nitrogens with one attached hydrogen (secondary N) is 1. The standard InChI is InChI=1S/C19H21N3O2/c1-14(15-8-4-3-5-9-15)20-19(23)12-22-17-11-7-6-10-16(17)21-18(22)13-24-2/h3-11,14H,12-13H2,1-2H3,(H,20,23). The number of nitrogens with zero attached hydrogens (tertiary/aromatic N) is 2. The van der Waals surface area contributed by atoms with Crippen molar-refractivity contribution in [1.82, 2.24) is 14.9 Å². The maximum atomic E-state index is 12.5. The molecule has 3 rings (SSSR count). The van der Waals surface area contributed by atoms with E-state index in [1.165, 1.54) is 0 Å². The fourth-order valence-electron chi connectivity index (χ4n) is 2.80. The van der Waals surface area contributed by atoms with Gasteiger partial charge in [0, 0.05) is 7.11 Å². The maximum Gasteiger partial charge on any atom is 0.240 e. The molecule has 0 aliphatic rings. The van der Waals surface area contributed by atoms with Crippen molar-refractivity contribution < 1.29 is 9.53 Å². The molecule has 5 heteroatoms. The second kappa shape index (κ2) is 7.27. The number of aromatic nitrogens is 2. The quantitative estimate of drug-likeness (QED) is 0.758. The predicted molar refractivity (Wildman–Crippen MR) is 93.4 cm³/mol. The molecule has 0 saturated heterocycles. The summed E-state index contributed by atoms with van der Waals surface area (Å²) < 4.78 is 7.12. The van der Waals surface area contributed by atoms with Gasteiger partial charge in [-0.2, -0.15) is 0 Å². The van der Waals surface area contributed by atoms with Gasteiger partial charge >= 0.3 is 0 Å². The van der Waals surface area contributed by atoms with Gasteiger partial charge in [0.15, 0.2) is 0 Å². The Morgan fingerprint density at radius 2 is 1.88 bits per heavy atom. The molecule has 0 saturated carbocycles. The molecule has 2 aromatic carbocycles. The third-order valence-electron chi connectivity index (χ3n) is 3.99. The van der Waals surface area contributed by atoms with Gasteiger partial charge in [-0.25, -0.2) is 4.98 Å². The van der Waals surface area contributed by atoms with Gasteiger partial charge in [0.25, 0.3) is 0 Å². The Kier molecular flexibility index (Phi) is 4.91. The number of fused-ring (bicyclic) bond motifs is 1. The van der Waals surface area contributed by atoms with Crippen LogP contribution in [-0.4, -0.2) is 22.6 Å². The van der Waals surface area contributed by atoms with Crippen LogP contribution in [0.2, 0.25) is 0 Å². The van der Waals surface area contributed by atoms with E-state index in [-0.39, 0.29) is 18.5 Å². The van der Waals surface area contributed by atoms with E-state index in [9.17, 15) is 4.79 Å². The average molecular weight is 323 g/mol. The molecule has 0 bridgehead atoms. The van der Waals surface area contributed by atoms with Crippen LogP contribution in [0.5, 0.6) is 0 Å². The van der Waals surface area contributed by atoms with E-state index in [0.29, 0.717) is 6.61 Å². The number of imidazole rings is 1. The molecule has 0 fully saturated rings. The highest BCUT2D eigenvalue weighted by molar-refractivity contribution is 5.81. The molecular formula is C19H21N3O2. The fourth-order valence-corrected chi connectivity index (χ4v) is 2.80. The van der Waals surface area contributed by atoms with E-state index in [0.717, 1.165) is 22.4 Å². The summed E-state index contributed by atoms with van der Waals surface area (Å²) in [6.45, 7) is 2.57. The highest BCUT2D eigenvalue weighted by Crippen LogP contribution is 2.17. The molecule has 0 aliphatic carbocycles. The van der Waals surface area contributed by atoms with E-state index in [4.69, 9.17) is 4.74 Å². The van der Waals surface area contributed by atoms with Crippen LogP contribution in [0.4, 0.5) is 0 Å². The monoisotopic (exact) mass is 323 g/mol. The number of hydrogen-bond acceptors (Lipinski definition) is 3. The Morgan fingerprint density at radius 1 is 1.17 bits per heavy atom. The number of ether oxygens (including phenoxy) is 1. The Balaban J connectivity index is 1.79. The van der Waals surface area contributed by atoms with Gasteiger partial charge in [-0.15, -0.1) is 0 Å². The number of para-hydroxylation sites is 2. The van der Waals surface area contributed by atoms with Crippen LogP contribution in [0.1, 0.15) is 24.4 Å². The predicted octanol–water partition coefficient (Wildman–Crippen LogP) is 3.06. The summed E-state index contributed by atoms with van der Waals surface area (Å²) in [5.74, 6) is 0.702. The van der Waals surface area contributed by atoms with Gasteiger partial charge in [-0.3, -0.25) is 4.79 Å². The number of carbonyl (C=O) groups excluding carboxylic acids is 1. The van der Waals surface area contributed by atoms with Gasteiger partial charge in [0.1, 0.15) is 19.0 Å². The largest absolute Gasteiger partial charge is 0.377 e. The number of hydrogen-bond donors (Lipinski definition) is 1. The van der Waals surface area contributed by atoms with Gasteiger partial charge in [0.2, 0.25) is 5.91 Å². The van der Waals surface area contributed by atoms with Crippen LogP contribution >= 0.6 is 0 Å². The summed E-state index contributed by atoms with van der Waals surface area (Å²) in [6.07, 6.45) is 0. The first kappa shape index (κ1) is 16.2. The van der Waals surface area contributed by atoms with Crippen molar-refractivity contribution in [3.8, 4) is 0 Å². The molecule has 0 aliphatic heterocycles. The lowest BCUT2D eigenvalue weighted by Gasteiger charge is -2.15. The van der Waals surface area contributed by atoms with Crippen molar-refractivity contribution in [2.45, 2.75) is 26.1 Å². The molecule has 3 aromatic rings. The fraction of sp³-hybridized carbons (Fsp3) is 0.263. The van der Waals surface area contributed by atoms with Crippen molar-refractivity contribution >= 4 is 16.9 Å². The topological polar surface area (TPSA) is 56.2 Å². The number of amides is 1. The van der Waals surface area contributed by atoms with E-state index in [2.05, 4.69) is 10.3 Å². The smallest absolute Gasteiger partial charge is 0.240 e. The maximum absolute atomic E-state index is 12.5. The molecule has 0 spiro atoms. The normalized spacial score (nSPS) is 12.2. The van der Waals surface area contributed by atoms with Crippen LogP contribution in [0, 0.1) is 0 Å². The van der Waals surface area contributed by atoms with Gasteiger partial charge < -0.3 is 14.6 Å². The zero-order chi connectivity index (χ0) is 16.9. The molecule has 5 nitrogen and oxygen atoms in total. The molecule has 24 heavy (non-hydrogen) atoms. The third kappa shape index (κ3) is 3.46. The van der Waals surface area contributed by atoms with Crippen LogP contribution in [-0.2, 0) is 22.7 Å². The lowest BCUT2D eigenvalue weighted by Crippen LogP contribution is -2.30. The lowest BCUT2D eigenvalue weighted by atomic mass is 10.1. The minimum absolute atomic E-state index is 0.0423. The van der Waals surface area contributed by atoms with Crippen LogP contribution in [0.3, 0.4) is 0 Å². The summed E-state index contributed by atoms with van der Waals surface area (Å²) in [7, 11) is 1.63. The Morgan fingerprint density at radius 3 is 2.62 bits per heavy atom. The van der Waals surface area contributed by atoms with Crippen molar-refractivity contribution in [2.24, 2.45) is 0 Å². The lowest BCUT2D eigenvalue weighted by molar-refractivity contribution is -0.122. The first-order valence-electron chi connectivity index (χ1n) is 7.96. The highest BCUT2D eigenvalue weighted by atomic mass is 16.5. The van der Waals surface area contributed by atoms with Crippen molar-refractivity contribution in [1.29, 1.82) is 0 Å². The molecule has 0 radical (unpaired) electrons. The van der Waals surface area contributed by atoms with E-state index < -0.39 is 0 Å². The number of methoxy groups -OCH3 is 1. The first-order chi connectivity index (χ1) is 11.7. The Bertz CT molecular complexity index is 827. The van der Waals surface area contributed by atoms with Crippen LogP contribution in [0.15, 0.2) is 54.6 Å². The second-order valence-electron chi connectivity index (χ2n) is 5.74. The van der Waals surface area contributed by atoms with E-state index in [1.54, 1.807) is 7.11 Å². The van der Waals surface area contributed by atoms with Crippen molar-refractivity contribution in [3.05, 3.63) is 66.0 Å². The van der Waals surface area contributed by atoms with Crippen LogP contribution in [0.25, 0.3) is 11.0 Å². The Labute approximate surface area is 141 Å². The molecule has 1 heterocycles. The molecule has 1 aromatic heterocycles. The first-order valence-corrected chi connectivity index (χ1v) is 7.96. The van der Waals surface area contributed by atoms with E-state index >= 15 is 0 Å². The SMILES string of the molecule is COCc1nc2ccccc2n1CC(=O)NC(C)c1ccccc1. The summed E-state index contributed by atoms with van der Waals surface area (Å²) in [6, 6.07) is 17.7. The van der Waals surface area contributed by atoms with E-state index in [1.807, 2.05) is 66.1 Å². The summed E-state index contributed by atoms with van der Waals surface area (Å²) in [5.41, 5.74) is 2.89. The number of rotatable bonds is 6. The van der Waals surface area contributed by atoms with Gasteiger partial charge in [-0.1, -0.05) is 42.5 Å². The summed E-state index contributed by atoms with van der Waals surface area (Å²) in [5, 5.41) is 3.04. The highest BCUT2D eigenvalue weighted by Gasteiger charge is 2.15. The zero-order valence-electron chi connectivity index (χ0n) is 13.9. The van der Waals surface area contributed by atoms with Crippen molar-refractivity contribution in [2.75, 3.05) is 7.11 Å². The molecular weight excluding hydrogens is 302 g/mol. The average Bonchev–Trinajstić information content (AvgIpc) is 2.93. The third-order valence-corrected chi connectivity index (χ3v) is 3.99. The number of benzene rings is 2. The zero-order valence-corrected chi connectivity index (χ0v) is 13.9. The minimum Gasteiger partial charge on any atom is -0.377 e.